The van der Waals surface area contributed by atoms with E-state index in [1.165, 1.54) is 12.1 Å². The molecule has 5 rings (SSSR count). The van der Waals surface area contributed by atoms with Gasteiger partial charge in [0.05, 0.1) is 11.5 Å². The summed E-state index contributed by atoms with van der Waals surface area (Å²) >= 11 is 0. The number of aliphatic carboxylic acids is 1. The summed E-state index contributed by atoms with van der Waals surface area (Å²) < 4.78 is 50.6. The van der Waals surface area contributed by atoms with Gasteiger partial charge in [-0.15, -0.1) is 12.4 Å². The molecule has 4 fully saturated rings. The molecule has 1 amide bonds. The van der Waals surface area contributed by atoms with Crippen molar-refractivity contribution in [2.75, 3.05) is 26.3 Å². The summed E-state index contributed by atoms with van der Waals surface area (Å²) in [6, 6.07) is 4.95. The maximum atomic E-state index is 13.6. The Balaban J connectivity index is 0.00000304. The number of carboxylic acid groups (broad SMARTS) is 1. The number of alkyl halides is 3. The number of nitrogens with zero attached hydrogens (tertiary/aromatic N) is 1. The molecule has 2 aliphatic carbocycles. The molecule has 1 spiro atoms. The second-order valence-corrected chi connectivity index (χ2v) is 10.7. The Hall–Kier alpha value is -2.04. The molecule has 7 nitrogen and oxygen atoms in total. The SMILES string of the molecule is Cl.O=C(O)C1CC2(CC(NC(=O)C3(N4CC[C@@H](Oc5cccc(C(F)(F)F)c5)C4)CCOCC3)C2)C1. The van der Waals surface area contributed by atoms with Crippen LogP contribution in [0, 0.1) is 11.3 Å². The molecule has 2 aliphatic heterocycles. The minimum absolute atomic E-state index is 0. The third kappa shape index (κ3) is 5.17. The van der Waals surface area contributed by atoms with Gasteiger partial charge in [0.2, 0.25) is 5.91 Å². The number of nitrogens with one attached hydrogen (secondary N) is 1. The number of halogens is 4. The average Bonchev–Trinajstić information content (AvgIpc) is 3.23. The fraction of sp³-hybridized carbons (Fsp3) is 0.680. The summed E-state index contributed by atoms with van der Waals surface area (Å²) in [4.78, 5) is 26.8. The van der Waals surface area contributed by atoms with Crippen LogP contribution < -0.4 is 10.1 Å². The standard InChI is InChI=1S/C25H31F3N2O5.ClH/c26-25(27,28)17-2-1-3-19(10-17)35-20-4-7-30(15-20)24(5-8-34-9-6-24)22(33)29-18-13-23(14-18)11-16(12-23)21(31)32;/h1-3,10,16,18,20H,4-9,11-15H2,(H,29,33)(H,31,32);1H/t16?,18?,20-,23?;/m1./s1. The predicted octanol–water partition coefficient (Wildman–Crippen LogP) is 3.89. The molecule has 0 bridgehead atoms. The Morgan fingerprint density at radius 2 is 1.83 bits per heavy atom. The summed E-state index contributed by atoms with van der Waals surface area (Å²) in [6.07, 6.45) is -0.00678. The van der Waals surface area contributed by atoms with Gasteiger partial charge < -0.3 is 19.9 Å². The number of likely N-dealkylation sites (tertiary alicyclic amines) is 1. The van der Waals surface area contributed by atoms with Gasteiger partial charge in [0.1, 0.15) is 17.4 Å². The smallest absolute Gasteiger partial charge is 0.416 e. The molecule has 1 aromatic carbocycles. The first-order valence-corrected chi connectivity index (χ1v) is 12.3. The minimum atomic E-state index is -4.43. The Bertz CT molecular complexity index is 971. The van der Waals surface area contributed by atoms with Gasteiger partial charge in [0.15, 0.2) is 0 Å². The van der Waals surface area contributed by atoms with Crippen molar-refractivity contribution in [2.24, 2.45) is 11.3 Å². The quantitative estimate of drug-likeness (QED) is 0.578. The highest BCUT2D eigenvalue weighted by molar-refractivity contribution is 5.87. The van der Waals surface area contributed by atoms with E-state index in [0.717, 1.165) is 25.0 Å². The minimum Gasteiger partial charge on any atom is -0.489 e. The van der Waals surface area contributed by atoms with Crippen molar-refractivity contribution >= 4 is 24.3 Å². The first-order chi connectivity index (χ1) is 16.6. The number of carbonyl (C=O) groups excluding carboxylic acids is 1. The van der Waals surface area contributed by atoms with E-state index in [4.69, 9.17) is 14.6 Å². The summed E-state index contributed by atoms with van der Waals surface area (Å²) in [6.45, 7) is 2.01. The van der Waals surface area contributed by atoms with E-state index >= 15 is 0 Å². The third-order valence-electron chi connectivity index (χ3n) is 8.36. The van der Waals surface area contributed by atoms with Gasteiger partial charge in [-0.2, -0.15) is 13.2 Å². The molecule has 11 heteroatoms. The van der Waals surface area contributed by atoms with E-state index in [0.29, 0.717) is 58.4 Å². The van der Waals surface area contributed by atoms with E-state index in [2.05, 4.69) is 10.2 Å². The summed E-state index contributed by atoms with van der Waals surface area (Å²) in [5.41, 5.74) is -1.40. The zero-order chi connectivity index (χ0) is 24.8. The van der Waals surface area contributed by atoms with E-state index in [-0.39, 0.29) is 47.5 Å². The van der Waals surface area contributed by atoms with Crippen LogP contribution in [0.3, 0.4) is 0 Å². The molecule has 36 heavy (non-hydrogen) atoms. The first kappa shape index (κ1) is 27.0. The Morgan fingerprint density at radius 1 is 1.14 bits per heavy atom. The van der Waals surface area contributed by atoms with Crippen LogP contribution in [0.25, 0.3) is 0 Å². The molecular weight excluding hydrogens is 501 g/mol. The monoisotopic (exact) mass is 532 g/mol. The molecule has 0 unspecified atom stereocenters. The van der Waals surface area contributed by atoms with Crippen molar-refractivity contribution in [3.8, 4) is 5.75 Å². The number of rotatable bonds is 6. The van der Waals surface area contributed by atoms with Gasteiger partial charge in [-0.05, 0) is 68.6 Å². The van der Waals surface area contributed by atoms with Gasteiger partial charge >= 0.3 is 12.1 Å². The lowest BCUT2D eigenvalue weighted by molar-refractivity contribution is -0.158. The van der Waals surface area contributed by atoms with Crippen molar-refractivity contribution in [1.29, 1.82) is 0 Å². The maximum Gasteiger partial charge on any atom is 0.416 e. The zero-order valence-electron chi connectivity index (χ0n) is 19.9. The first-order valence-electron chi connectivity index (χ1n) is 12.3. The lowest BCUT2D eigenvalue weighted by atomic mass is 9.50. The van der Waals surface area contributed by atoms with Crippen molar-refractivity contribution < 1.29 is 37.3 Å². The Morgan fingerprint density at radius 3 is 2.47 bits per heavy atom. The number of carbonyl (C=O) groups is 2. The fourth-order valence-electron chi connectivity index (χ4n) is 6.45. The van der Waals surface area contributed by atoms with Crippen molar-refractivity contribution in [1.82, 2.24) is 10.2 Å². The predicted molar refractivity (Wildman–Crippen MR) is 126 cm³/mol. The molecule has 2 saturated carbocycles. The van der Waals surface area contributed by atoms with E-state index in [1.807, 2.05) is 0 Å². The van der Waals surface area contributed by atoms with Crippen LogP contribution in [0.4, 0.5) is 13.2 Å². The lowest BCUT2D eigenvalue weighted by Gasteiger charge is -2.57. The van der Waals surface area contributed by atoms with Crippen molar-refractivity contribution in [3.05, 3.63) is 29.8 Å². The number of amides is 1. The molecular formula is C25H32ClF3N2O5. The van der Waals surface area contributed by atoms with E-state index < -0.39 is 23.2 Å². The highest BCUT2D eigenvalue weighted by Crippen LogP contribution is 2.58. The van der Waals surface area contributed by atoms with E-state index in [9.17, 15) is 22.8 Å². The normalized spacial score (nSPS) is 31.6. The maximum absolute atomic E-state index is 13.6. The van der Waals surface area contributed by atoms with Crippen LogP contribution in [0.2, 0.25) is 0 Å². The van der Waals surface area contributed by atoms with Gasteiger partial charge in [0, 0.05) is 32.3 Å². The molecule has 1 atom stereocenters. The van der Waals surface area contributed by atoms with Crippen LogP contribution in [-0.2, 0) is 20.5 Å². The molecule has 2 saturated heterocycles. The Kier molecular flexibility index (Phi) is 7.52. The summed E-state index contributed by atoms with van der Waals surface area (Å²) in [5, 5.41) is 12.3. The molecule has 1 aromatic rings. The molecule has 0 aromatic heterocycles. The fourth-order valence-corrected chi connectivity index (χ4v) is 6.45. The second-order valence-electron chi connectivity index (χ2n) is 10.7. The van der Waals surface area contributed by atoms with Gasteiger partial charge in [-0.25, -0.2) is 0 Å². The largest absolute Gasteiger partial charge is 0.489 e. The number of ether oxygens (including phenoxy) is 2. The molecule has 4 aliphatic rings. The topological polar surface area (TPSA) is 88.1 Å². The molecule has 200 valence electrons. The third-order valence-corrected chi connectivity index (χ3v) is 8.36. The lowest BCUT2D eigenvalue weighted by Crippen LogP contribution is -2.65. The van der Waals surface area contributed by atoms with Gasteiger partial charge in [-0.1, -0.05) is 6.07 Å². The number of hydrogen-bond acceptors (Lipinski definition) is 5. The molecule has 2 heterocycles. The summed E-state index contributed by atoms with van der Waals surface area (Å²) in [7, 11) is 0. The Labute approximate surface area is 214 Å². The molecule has 0 radical (unpaired) electrons. The number of benzene rings is 1. The van der Waals surface area contributed by atoms with Crippen LogP contribution in [-0.4, -0.2) is 65.9 Å². The van der Waals surface area contributed by atoms with Crippen LogP contribution in [0.5, 0.6) is 5.75 Å². The van der Waals surface area contributed by atoms with Crippen LogP contribution in [0.15, 0.2) is 24.3 Å². The second kappa shape index (κ2) is 10.0. The van der Waals surface area contributed by atoms with Crippen LogP contribution >= 0.6 is 12.4 Å². The zero-order valence-corrected chi connectivity index (χ0v) is 20.7. The average molecular weight is 533 g/mol. The van der Waals surface area contributed by atoms with Gasteiger partial charge in [-0.3, -0.25) is 14.5 Å². The van der Waals surface area contributed by atoms with Crippen LogP contribution in [0.1, 0.15) is 50.5 Å². The van der Waals surface area contributed by atoms with Gasteiger partial charge in [0.25, 0.3) is 0 Å². The van der Waals surface area contributed by atoms with Crippen molar-refractivity contribution in [2.45, 2.75) is 68.8 Å². The highest BCUT2D eigenvalue weighted by atomic mass is 35.5. The number of carboxylic acids is 1. The van der Waals surface area contributed by atoms with Crippen molar-refractivity contribution in [3.63, 3.8) is 0 Å². The highest BCUT2D eigenvalue weighted by Gasteiger charge is 2.56. The summed E-state index contributed by atoms with van der Waals surface area (Å²) in [5.74, 6) is -0.849. The number of hydrogen-bond donors (Lipinski definition) is 2. The molecule has 2 N–H and O–H groups in total. The van der Waals surface area contributed by atoms with E-state index in [1.54, 1.807) is 0 Å².